The summed E-state index contributed by atoms with van der Waals surface area (Å²) in [5, 5.41) is 0. The first-order valence-corrected chi connectivity index (χ1v) is 7.56. The van der Waals surface area contributed by atoms with Gasteiger partial charge in [-0.05, 0) is 25.8 Å². The molecule has 18 heavy (non-hydrogen) atoms. The van der Waals surface area contributed by atoms with Crippen LogP contribution in [0.5, 0.6) is 0 Å². The van der Waals surface area contributed by atoms with E-state index in [1.54, 1.807) is 0 Å². The Morgan fingerprint density at radius 3 is 2.39 bits per heavy atom. The van der Waals surface area contributed by atoms with Gasteiger partial charge in [0.25, 0.3) is 0 Å². The zero-order valence-electron chi connectivity index (χ0n) is 11.6. The normalized spacial score (nSPS) is 37.7. The summed E-state index contributed by atoms with van der Waals surface area (Å²) in [5.41, 5.74) is 6.73. The van der Waals surface area contributed by atoms with Crippen molar-refractivity contribution in [3.8, 4) is 0 Å². The Bertz CT molecular complexity index is 283. The highest BCUT2D eigenvalue weighted by Gasteiger charge is 2.55. The molecule has 1 saturated carbocycles. The first-order chi connectivity index (χ1) is 8.76. The van der Waals surface area contributed by atoms with Crippen molar-refractivity contribution in [1.29, 1.82) is 0 Å². The van der Waals surface area contributed by atoms with Crippen LogP contribution in [0.1, 0.15) is 26.2 Å². The van der Waals surface area contributed by atoms with E-state index in [0.29, 0.717) is 11.5 Å². The van der Waals surface area contributed by atoms with Crippen LogP contribution >= 0.6 is 0 Å². The average Bonchev–Trinajstić information content (AvgIpc) is 2.46. The molecule has 0 aromatic carbocycles. The number of ether oxygens (including phenoxy) is 1. The Balaban J connectivity index is 1.63. The van der Waals surface area contributed by atoms with Crippen LogP contribution in [0.4, 0.5) is 0 Å². The first kappa shape index (κ1) is 12.9. The lowest BCUT2D eigenvalue weighted by atomic mass is 9.56. The van der Waals surface area contributed by atoms with Crippen molar-refractivity contribution in [3.05, 3.63) is 0 Å². The summed E-state index contributed by atoms with van der Waals surface area (Å²) in [5.74, 6) is 0. The van der Waals surface area contributed by atoms with Gasteiger partial charge < -0.3 is 15.4 Å². The second kappa shape index (κ2) is 5.08. The maximum Gasteiger partial charge on any atom is 0.0472 e. The van der Waals surface area contributed by atoms with Crippen molar-refractivity contribution in [1.82, 2.24) is 9.80 Å². The predicted molar refractivity (Wildman–Crippen MR) is 72.6 cm³/mol. The van der Waals surface area contributed by atoms with Gasteiger partial charge in [-0.1, -0.05) is 6.92 Å². The van der Waals surface area contributed by atoms with Crippen molar-refractivity contribution in [3.63, 3.8) is 0 Å². The molecule has 4 heteroatoms. The minimum absolute atomic E-state index is 0.382. The van der Waals surface area contributed by atoms with E-state index < -0.39 is 0 Å². The Hall–Kier alpha value is -0.160. The summed E-state index contributed by atoms with van der Waals surface area (Å²) >= 11 is 0. The summed E-state index contributed by atoms with van der Waals surface area (Å²) in [6.07, 6.45) is 3.55. The molecule has 1 aliphatic carbocycles. The smallest absolute Gasteiger partial charge is 0.0472 e. The summed E-state index contributed by atoms with van der Waals surface area (Å²) in [4.78, 5) is 5.26. The van der Waals surface area contributed by atoms with E-state index >= 15 is 0 Å². The number of rotatable bonds is 2. The van der Waals surface area contributed by atoms with Crippen LogP contribution in [0.25, 0.3) is 0 Å². The lowest BCUT2D eigenvalue weighted by molar-refractivity contribution is -0.120. The van der Waals surface area contributed by atoms with Crippen LogP contribution in [-0.4, -0.2) is 67.8 Å². The molecule has 2 N–H and O–H groups in total. The van der Waals surface area contributed by atoms with Gasteiger partial charge in [0.1, 0.15) is 0 Å². The fourth-order valence-corrected chi connectivity index (χ4v) is 4.16. The predicted octanol–water partition coefficient (Wildman–Crippen LogP) is 0.520. The number of nitrogens with two attached hydrogens (primary N) is 1. The average molecular weight is 253 g/mol. The van der Waals surface area contributed by atoms with E-state index in [4.69, 9.17) is 10.5 Å². The topological polar surface area (TPSA) is 41.7 Å². The van der Waals surface area contributed by atoms with Gasteiger partial charge in [-0.2, -0.15) is 0 Å². The molecule has 0 bridgehead atoms. The second-order valence-electron chi connectivity index (χ2n) is 6.17. The van der Waals surface area contributed by atoms with Crippen LogP contribution in [0.3, 0.4) is 0 Å². The Labute approximate surface area is 110 Å². The number of nitrogens with zero attached hydrogens (tertiary/aromatic N) is 2. The van der Waals surface area contributed by atoms with Gasteiger partial charge in [0.15, 0.2) is 0 Å². The molecule has 3 rings (SSSR count). The maximum absolute atomic E-state index is 6.35. The minimum atomic E-state index is 0.382. The lowest BCUT2D eigenvalue weighted by Crippen LogP contribution is -2.70. The van der Waals surface area contributed by atoms with Gasteiger partial charge in [0.2, 0.25) is 0 Å². The van der Waals surface area contributed by atoms with Crippen molar-refractivity contribution in [2.45, 2.75) is 38.3 Å². The standard InChI is InChI=1S/C14H27N3O/c1-2-16-5-7-17(8-6-16)13-11-12(15)14(13)3-9-18-10-4-14/h12-13H,2-11,15H2,1H3. The van der Waals surface area contributed by atoms with Crippen LogP contribution in [0, 0.1) is 5.41 Å². The van der Waals surface area contributed by atoms with Crippen molar-refractivity contribution in [2.24, 2.45) is 11.1 Å². The monoisotopic (exact) mass is 253 g/mol. The zero-order chi connectivity index (χ0) is 12.6. The molecule has 2 heterocycles. The fraction of sp³-hybridized carbons (Fsp3) is 1.00. The molecule has 3 aliphatic rings. The molecule has 0 aromatic rings. The number of hydrogen-bond donors (Lipinski definition) is 1. The summed E-state index contributed by atoms with van der Waals surface area (Å²) < 4.78 is 5.54. The third kappa shape index (κ3) is 1.99. The molecule has 104 valence electrons. The second-order valence-corrected chi connectivity index (χ2v) is 6.17. The van der Waals surface area contributed by atoms with E-state index in [2.05, 4.69) is 16.7 Å². The molecule has 0 amide bonds. The zero-order valence-corrected chi connectivity index (χ0v) is 11.6. The summed E-state index contributed by atoms with van der Waals surface area (Å²) in [6, 6.07) is 1.14. The number of likely N-dealkylation sites (N-methyl/N-ethyl adjacent to an activating group) is 1. The van der Waals surface area contributed by atoms with E-state index in [9.17, 15) is 0 Å². The molecular weight excluding hydrogens is 226 g/mol. The molecule has 4 nitrogen and oxygen atoms in total. The first-order valence-electron chi connectivity index (χ1n) is 7.56. The van der Waals surface area contributed by atoms with Crippen LogP contribution in [0.15, 0.2) is 0 Å². The number of hydrogen-bond acceptors (Lipinski definition) is 4. The summed E-state index contributed by atoms with van der Waals surface area (Å²) in [6.45, 7) is 10.2. The minimum Gasteiger partial charge on any atom is -0.381 e. The quantitative estimate of drug-likeness (QED) is 0.779. The highest BCUT2D eigenvalue weighted by Crippen LogP contribution is 2.50. The van der Waals surface area contributed by atoms with Gasteiger partial charge in [-0.15, -0.1) is 0 Å². The molecule has 2 saturated heterocycles. The summed E-state index contributed by atoms with van der Waals surface area (Å²) in [7, 11) is 0. The fourth-order valence-electron chi connectivity index (χ4n) is 4.16. The van der Waals surface area contributed by atoms with E-state index in [1.807, 2.05) is 0 Å². The Kier molecular flexibility index (Phi) is 3.63. The highest BCUT2D eigenvalue weighted by atomic mass is 16.5. The third-order valence-corrected chi connectivity index (χ3v) is 5.60. The van der Waals surface area contributed by atoms with Crippen molar-refractivity contribution >= 4 is 0 Å². The molecule has 2 unspecified atom stereocenters. The third-order valence-electron chi connectivity index (χ3n) is 5.60. The van der Waals surface area contributed by atoms with Crippen LogP contribution in [0.2, 0.25) is 0 Å². The van der Waals surface area contributed by atoms with Crippen LogP contribution < -0.4 is 5.73 Å². The molecule has 3 fully saturated rings. The Morgan fingerprint density at radius 1 is 1.17 bits per heavy atom. The van der Waals surface area contributed by atoms with E-state index in [0.717, 1.165) is 19.3 Å². The lowest BCUT2D eigenvalue weighted by Gasteiger charge is -2.61. The van der Waals surface area contributed by atoms with Crippen molar-refractivity contribution in [2.75, 3.05) is 45.9 Å². The maximum atomic E-state index is 6.35. The molecule has 0 aromatic heterocycles. The van der Waals surface area contributed by atoms with Crippen LogP contribution in [-0.2, 0) is 4.74 Å². The van der Waals surface area contributed by atoms with Gasteiger partial charge in [0.05, 0.1) is 0 Å². The van der Waals surface area contributed by atoms with E-state index in [1.165, 1.54) is 52.0 Å². The molecule has 2 atom stereocenters. The van der Waals surface area contributed by atoms with Gasteiger partial charge in [0, 0.05) is 56.9 Å². The largest absolute Gasteiger partial charge is 0.381 e. The van der Waals surface area contributed by atoms with E-state index in [-0.39, 0.29) is 0 Å². The van der Waals surface area contributed by atoms with Gasteiger partial charge in [-0.25, -0.2) is 0 Å². The molecule has 2 aliphatic heterocycles. The van der Waals surface area contributed by atoms with Gasteiger partial charge >= 0.3 is 0 Å². The number of piperazine rings is 1. The molecular formula is C14H27N3O. The van der Waals surface area contributed by atoms with Gasteiger partial charge in [-0.3, -0.25) is 4.90 Å². The molecule has 0 radical (unpaired) electrons. The molecule has 1 spiro atoms. The Morgan fingerprint density at radius 2 is 1.83 bits per heavy atom. The highest BCUT2D eigenvalue weighted by molar-refractivity contribution is 5.11. The van der Waals surface area contributed by atoms with Crippen molar-refractivity contribution < 1.29 is 4.74 Å². The SMILES string of the molecule is CCN1CCN(C2CC(N)C23CCOCC3)CC1.